The Kier molecular flexibility index (Phi) is 2.25. The van der Waals surface area contributed by atoms with Crippen LogP contribution in [0.2, 0.25) is 0 Å². The van der Waals surface area contributed by atoms with E-state index in [4.69, 9.17) is 5.73 Å². The van der Waals surface area contributed by atoms with Crippen LogP contribution in [0.15, 0.2) is 6.07 Å². The molecule has 0 bridgehead atoms. The van der Waals surface area contributed by atoms with Crippen LogP contribution in [0.4, 0.5) is 5.82 Å². The molecule has 1 saturated carbocycles. The quantitative estimate of drug-likeness (QED) is 0.799. The Labute approximate surface area is 85.3 Å². The number of anilines is 1. The van der Waals surface area contributed by atoms with Gasteiger partial charge in [-0.25, -0.2) is 0 Å². The van der Waals surface area contributed by atoms with Crippen molar-refractivity contribution in [1.82, 2.24) is 9.78 Å². The Morgan fingerprint density at radius 1 is 1.64 bits per heavy atom. The Balaban J connectivity index is 1.99. The number of rotatable bonds is 3. The Bertz CT molecular complexity index is 308. The molecule has 2 rings (SSSR count). The average molecular weight is 193 g/mol. The molecule has 1 aromatic heterocycles. The first-order chi connectivity index (χ1) is 6.58. The molecule has 0 amide bonds. The zero-order chi connectivity index (χ0) is 10.3. The van der Waals surface area contributed by atoms with Gasteiger partial charge in [0.2, 0.25) is 0 Å². The topological polar surface area (TPSA) is 43.8 Å². The van der Waals surface area contributed by atoms with Gasteiger partial charge >= 0.3 is 0 Å². The van der Waals surface area contributed by atoms with Gasteiger partial charge in [0.1, 0.15) is 5.82 Å². The molecule has 1 aliphatic carbocycles. The van der Waals surface area contributed by atoms with E-state index in [2.05, 4.69) is 18.9 Å². The summed E-state index contributed by atoms with van der Waals surface area (Å²) in [6.45, 7) is 4.56. The summed E-state index contributed by atoms with van der Waals surface area (Å²) in [5.41, 5.74) is 6.94. The summed E-state index contributed by atoms with van der Waals surface area (Å²) in [7, 11) is 1.90. The van der Waals surface area contributed by atoms with Gasteiger partial charge in [-0.1, -0.05) is 13.8 Å². The van der Waals surface area contributed by atoms with Crippen LogP contribution in [-0.2, 0) is 7.05 Å². The molecular weight excluding hydrogens is 174 g/mol. The van der Waals surface area contributed by atoms with Crippen LogP contribution in [0.5, 0.6) is 0 Å². The molecule has 2 atom stereocenters. The molecule has 3 nitrogen and oxygen atoms in total. The standard InChI is InChI=1S/C11H19N3/c1-7(2)4-8-5-9(8)10-6-11(12)14(3)13-10/h6-9H,4-5,12H2,1-3H3/t8-,9-/m1/s1. The fraction of sp³-hybridized carbons (Fsp3) is 0.727. The van der Waals surface area contributed by atoms with Gasteiger partial charge in [0, 0.05) is 19.0 Å². The molecule has 0 unspecified atom stereocenters. The lowest BCUT2D eigenvalue weighted by atomic mass is 10.1. The van der Waals surface area contributed by atoms with Crippen LogP contribution in [0.25, 0.3) is 0 Å². The van der Waals surface area contributed by atoms with Crippen LogP contribution in [-0.4, -0.2) is 9.78 Å². The monoisotopic (exact) mass is 193 g/mol. The summed E-state index contributed by atoms with van der Waals surface area (Å²) in [5, 5.41) is 4.42. The first-order valence-electron chi connectivity index (χ1n) is 5.37. The molecule has 0 spiro atoms. The van der Waals surface area contributed by atoms with E-state index in [1.54, 1.807) is 4.68 Å². The molecule has 1 aromatic rings. The predicted molar refractivity (Wildman–Crippen MR) is 57.9 cm³/mol. The van der Waals surface area contributed by atoms with Gasteiger partial charge in [-0.3, -0.25) is 4.68 Å². The molecule has 2 N–H and O–H groups in total. The molecule has 1 aliphatic rings. The van der Waals surface area contributed by atoms with Gasteiger partial charge < -0.3 is 5.73 Å². The van der Waals surface area contributed by atoms with E-state index in [1.807, 2.05) is 13.1 Å². The molecule has 1 heterocycles. The number of aromatic nitrogens is 2. The van der Waals surface area contributed by atoms with Crippen molar-refractivity contribution in [3.05, 3.63) is 11.8 Å². The number of nitrogen functional groups attached to an aromatic ring is 1. The van der Waals surface area contributed by atoms with Gasteiger partial charge in [-0.2, -0.15) is 5.10 Å². The smallest absolute Gasteiger partial charge is 0.121 e. The minimum absolute atomic E-state index is 0.681. The second-order valence-corrected chi connectivity index (χ2v) is 4.85. The lowest BCUT2D eigenvalue weighted by Crippen LogP contribution is -1.97. The predicted octanol–water partition coefficient (Wildman–Crippen LogP) is 2.15. The van der Waals surface area contributed by atoms with Crippen molar-refractivity contribution in [3.63, 3.8) is 0 Å². The normalized spacial score (nSPS) is 25.7. The van der Waals surface area contributed by atoms with Gasteiger partial charge in [0.05, 0.1) is 5.69 Å². The Morgan fingerprint density at radius 3 is 2.86 bits per heavy atom. The van der Waals surface area contributed by atoms with E-state index in [-0.39, 0.29) is 0 Å². The third-order valence-electron chi connectivity index (χ3n) is 3.01. The summed E-state index contributed by atoms with van der Waals surface area (Å²) in [5.74, 6) is 3.10. The van der Waals surface area contributed by atoms with Crippen LogP contribution in [0.1, 0.15) is 38.3 Å². The van der Waals surface area contributed by atoms with Crippen molar-refractivity contribution in [3.8, 4) is 0 Å². The van der Waals surface area contributed by atoms with Gasteiger partial charge in [0.25, 0.3) is 0 Å². The van der Waals surface area contributed by atoms with Gasteiger partial charge in [0.15, 0.2) is 0 Å². The van der Waals surface area contributed by atoms with Crippen LogP contribution >= 0.6 is 0 Å². The second-order valence-electron chi connectivity index (χ2n) is 4.85. The Morgan fingerprint density at radius 2 is 2.36 bits per heavy atom. The molecular formula is C11H19N3. The van der Waals surface area contributed by atoms with E-state index in [9.17, 15) is 0 Å². The summed E-state index contributed by atoms with van der Waals surface area (Å²) in [6, 6.07) is 2.02. The molecule has 14 heavy (non-hydrogen) atoms. The zero-order valence-corrected chi connectivity index (χ0v) is 9.20. The van der Waals surface area contributed by atoms with Crippen molar-refractivity contribution < 1.29 is 0 Å². The van der Waals surface area contributed by atoms with Crippen LogP contribution < -0.4 is 5.73 Å². The van der Waals surface area contributed by atoms with E-state index in [0.29, 0.717) is 5.92 Å². The number of hydrogen-bond donors (Lipinski definition) is 1. The van der Waals surface area contributed by atoms with Crippen molar-refractivity contribution in [2.24, 2.45) is 18.9 Å². The SMILES string of the molecule is CC(C)C[C@@H]1C[C@H]1c1cc(N)n(C)n1. The highest BCUT2D eigenvalue weighted by Gasteiger charge is 2.40. The molecule has 0 radical (unpaired) electrons. The Hall–Kier alpha value is -0.990. The maximum atomic E-state index is 5.75. The van der Waals surface area contributed by atoms with Crippen LogP contribution in [0, 0.1) is 11.8 Å². The summed E-state index contributed by atoms with van der Waals surface area (Å²) >= 11 is 0. The van der Waals surface area contributed by atoms with E-state index < -0.39 is 0 Å². The molecule has 0 aromatic carbocycles. The second kappa shape index (κ2) is 3.30. The van der Waals surface area contributed by atoms with E-state index in [0.717, 1.165) is 17.7 Å². The fourth-order valence-electron chi connectivity index (χ4n) is 2.16. The van der Waals surface area contributed by atoms with Crippen LogP contribution in [0.3, 0.4) is 0 Å². The van der Waals surface area contributed by atoms with Crippen molar-refractivity contribution in [2.75, 3.05) is 5.73 Å². The largest absolute Gasteiger partial charge is 0.384 e. The van der Waals surface area contributed by atoms with E-state index in [1.165, 1.54) is 18.5 Å². The van der Waals surface area contributed by atoms with Crippen molar-refractivity contribution in [2.45, 2.75) is 32.6 Å². The fourth-order valence-corrected chi connectivity index (χ4v) is 2.16. The maximum Gasteiger partial charge on any atom is 0.121 e. The lowest BCUT2D eigenvalue weighted by Gasteiger charge is -2.01. The van der Waals surface area contributed by atoms with Gasteiger partial charge in [-0.15, -0.1) is 0 Å². The highest BCUT2D eigenvalue weighted by molar-refractivity contribution is 5.34. The minimum Gasteiger partial charge on any atom is -0.384 e. The number of hydrogen-bond acceptors (Lipinski definition) is 2. The first kappa shape index (κ1) is 9.56. The van der Waals surface area contributed by atoms with Crippen molar-refractivity contribution in [1.29, 1.82) is 0 Å². The third-order valence-corrected chi connectivity index (χ3v) is 3.01. The molecule has 0 aliphatic heterocycles. The summed E-state index contributed by atoms with van der Waals surface area (Å²) in [4.78, 5) is 0. The minimum atomic E-state index is 0.681. The number of nitrogens with zero attached hydrogens (tertiary/aromatic N) is 2. The highest BCUT2D eigenvalue weighted by Crippen LogP contribution is 2.50. The highest BCUT2D eigenvalue weighted by atomic mass is 15.3. The zero-order valence-electron chi connectivity index (χ0n) is 9.20. The number of aryl methyl sites for hydroxylation is 1. The summed E-state index contributed by atoms with van der Waals surface area (Å²) < 4.78 is 1.76. The third kappa shape index (κ3) is 1.76. The molecule has 0 saturated heterocycles. The molecule has 78 valence electrons. The maximum absolute atomic E-state index is 5.75. The van der Waals surface area contributed by atoms with Gasteiger partial charge in [-0.05, 0) is 24.7 Å². The number of nitrogens with two attached hydrogens (primary N) is 1. The summed E-state index contributed by atoms with van der Waals surface area (Å²) in [6.07, 6.45) is 2.62. The molecule has 3 heteroatoms. The average Bonchev–Trinajstić information content (AvgIpc) is 2.73. The lowest BCUT2D eigenvalue weighted by molar-refractivity contribution is 0.529. The van der Waals surface area contributed by atoms with Crippen molar-refractivity contribution >= 4 is 5.82 Å². The molecule has 1 fully saturated rings. The van der Waals surface area contributed by atoms with E-state index >= 15 is 0 Å². The first-order valence-corrected chi connectivity index (χ1v) is 5.37.